The van der Waals surface area contributed by atoms with E-state index in [-0.39, 0.29) is 5.75 Å². The molecule has 8 heteroatoms. The summed E-state index contributed by atoms with van der Waals surface area (Å²) in [7, 11) is -3.32. The molecule has 1 heterocycles. The highest BCUT2D eigenvalue weighted by Gasteiger charge is 2.21. The predicted molar refractivity (Wildman–Crippen MR) is 76.9 cm³/mol. The quantitative estimate of drug-likeness (QED) is 0.754. The maximum atomic E-state index is 11.8. The van der Waals surface area contributed by atoms with Gasteiger partial charge in [-0.25, -0.2) is 8.42 Å². The molecule has 1 aliphatic rings. The Hall–Kier alpha value is -0.730. The van der Waals surface area contributed by atoms with Crippen molar-refractivity contribution in [2.45, 2.75) is 39.2 Å². The fraction of sp³-hybridized carbons (Fsp3) is 0.818. The lowest BCUT2D eigenvalue weighted by Gasteiger charge is -2.05. The van der Waals surface area contributed by atoms with Crippen LogP contribution >= 0.6 is 11.3 Å². The first-order chi connectivity index (χ1) is 8.94. The van der Waals surface area contributed by atoms with Gasteiger partial charge in [0.25, 0.3) is 0 Å². The molecule has 19 heavy (non-hydrogen) atoms. The molecule has 0 bridgehead atoms. The lowest BCUT2D eigenvalue weighted by molar-refractivity contribution is 0.595. The van der Waals surface area contributed by atoms with Crippen molar-refractivity contribution in [1.29, 1.82) is 0 Å². The molecule has 1 fully saturated rings. The van der Waals surface area contributed by atoms with Gasteiger partial charge < -0.3 is 5.32 Å². The smallest absolute Gasteiger partial charge is 0.235 e. The number of hydrogen-bond acceptors (Lipinski definition) is 6. The van der Waals surface area contributed by atoms with Crippen LogP contribution in [-0.2, 0) is 16.4 Å². The normalized spacial score (nSPS) is 15.9. The van der Waals surface area contributed by atoms with Crippen LogP contribution in [0, 0.1) is 5.92 Å². The molecule has 1 aromatic heterocycles. The van der Waals surface area contributed by atoms with Crippen molar-refractivity contribution in [2.24, 2.45) is 5.92 Å². The summed E-state index contributed by atoms with van der Waals surface area (Å²) in [6.45, 7) is 4.67. The van der Waals surface area contributed by atoms with Crippen LogP contribution < -0.4 is 10.0 Å². The van der Waals surface area contributed by atoms with E-state index < -0.39 is 10.0 Å². The Kier molecular flexibility index (Phi) is 4.75. The van der Waals surface area contributed by atoms with Gasteiger partial charge in [-0.1, -0.05) is 25.2 Å². The van der Waals surface area contributed by atoms with Crippen LogP contribution in [0.1, 0.15) is 31.7 Å². The number of anilines is 1. The topological polar surface area (TPSA) is 84.0 Å². The van der Waals surface area contributed by atoms with Gasteiger partial charge >= 0.3 is 0 Å². The van der Waals surface area contributed by atoms with Gasteiger partial charge in [0.2, 0.25) is 15.2 Å². The third-order valence-corrected chi connectivity index (χ3v) is 4.91. The Morgan fingerprint density at radius 3 is 2.74 bits per heavy atom. The van der Waals surface area contributed by atoms with E-state index in [1.165, 1.54) is 11.3 Å². The van der Waals surface area contributed by atoms with E-state index in [4.69, 9.17) is 0 Å². The summed E-state index contributed by atoms with van der Waals surface area (Å²) in [6, 6.07) is 0.523. The summed E-state index contributed by atoms with van der Waals surface area (Å²) >= 11 is 1.31. The molecule has 1 saturated carbocycles. The monoisotopic (exact) mass is 304 g/mol. The van der Waals surface area contributed by atoms with Gasteiger partial charge in [0.15, 0.2) is 0 Å². The molecule has 0 aromatic carbocycles. The minimum absolute atomic E-state index is 0.0720. The van der Waals surface area contributed by atoms with Gasteiger partial charge in [0.1, 0.15) is 5.01 Å². The van der Waals surface area contributed by atoms with Crippen molar-refractivity contribution in [3.8, 4) is 0 Å². The van der Waals surface area contributed by atoms with E-state index in [0.29, 0.717) is 23.6 Å². The number of rotatable bonds is 8. The molecule has 108 valence electrons. The third-order valence-electron chi connectivity index (χ3n) is 2.67. The van der Waals surface area contributed by atoms with Crippen molar-refractivity contribution in [2.75, 3.05) is 17.0 Å². The maximum absolute atomic E-state index is 11.8. The van der Waals surface area contributed by atoms with E-state index >= 15 is 0 Å². The number of nitrogens with one attached hydrogen (secondary N) is 2. The summed E-state index contributed by atoms with van der Waals surface area (Å²) in [5.74, 6) is 0.558. The summed E-state index contributed by atoms with van der Waals surface area (Å²) in [6.07, 6.45) is 3.13. The summed E-state index contributed by atoms with van der Waals surface area (Å²) < 4.78 is 26.1. The standard InChI is InChI=1S/C11H20N4O2S2/c1-8(2)7-10-13-14-11(18-10)15-19(16,17)6-5-12-9-3-4-9/h8-9,12H,3-7H2,1-2H3,(H,14,15). The molecule has 6 nitrogen and oxygen atoms in total. The Bertz CT molecular complexity index is 509. The van der Waals surface area contributed by atoms with Gasteiger partial charge in [-0.2, -0.15) is 0 Å². The second kappa shape index (κ2) is 6.15. The van der Waals surface area contributed by atoms with Crippen LogP contribution in [0.2, 0.25) is 0 Å². The molecule has 0 radical (unpaired) electrons. The van der Waals surface area contributed by atoms with Crippen molar-refractivity contribution >= 4 is 26.5 Å². The molecule has 1 aliphatic carbocycles. The highest BCUT2D eigenvalue weighted by molar-refractivity contribution is 7.92. The first-order valence-corrected chi connectivity index (χ1v) is 8.98. The fourth-order valence-corrected chi connectivity index (χ4v) is 3.74. The number of hydrogen-bond donors (Lipinski definition) is 2. The van der Waals surface area contributed by atoms with Gasteiger partial charge in [0, 0.05) is 19.0 Å². The number of sulfonamides is 1. The molecular formula is C11H20N4O2S2. The maximum Gasteiger partial charge on any atom is 0.235 e. The Morgan fingerprint density at radius 1 is 1.37 bits per heavy atom. The van der Waals surface area contributed by atoms with Gasteiger partial charge in [-0.3, -0.25) is 4.72 Å². The Labute approximate surface area is 118 Å². The zero-order valence-electron chi connectivity index (χ0n) is 11.2. The van der Waals surface area contributed by atoms with Crippen LogP contribution in [-0.4, -0.2) is 37.0 Å². The minimum atomic E-state index is -3.32. The second-order valence-corrected chi connectivity index (χ2v) is 8.15. The van der Waals surface area contributed by atoms with E-state index in [2.05, 4.69) is 34.1 Å². The molecule has 0 saturated heterocycles. The van der Waals surface area contributed by atoms with Crippen molar-refractivity contribution in [1.82, 2.24) is 15.5 Å². The lowest BCUT2D eigenvalue weighted by atomic mass is 10.1. The van der Waals surface area contributed by atoms with Crippen molar-refractivity contribution in [3.05, 3.63) is 5.01 Å². The van der Waals surface area contributed by atoms with Crippen LogP contribution in [0.3, 0.4) is 0 Å². The van der Waals surface area contributed by atoms with Crippen molar-refractivity contribution < 1.29 is 8.42 Å². The summed E-state index contributed by atoms with van der Waals surface area (Å²) in [5, 5.41) is 12.3. The number of nitrogens with zero attached hydrogens (tertiary/aromatic N) is 2. The minimum Gasteiger partial charge on any atom is -0.313 e. The van der Waals surface area contributed by atoms with Gasteiger partial charge in [-0.05, 0) is 18.8 Å². The predicted octanol–water partition coefficient (Wildman–Crippen LogP) is 1.23. The Morgan fingerprint density at radius 2 is 2.11 bits per heavy atom. The first kappa shape index (κ1) is 14.7. The SMILES string of the molecule is CC(C)Cc1nnc(NS(=O)(=O)CCNC2CC2)s1. The van der Waals surface area contributed by atoms with Crippen LogP contribution in [0.5, 0.6) is 0 Å². The van der Waals surface area contributed by atoms with E-state index in [1.807, 2.05) is 0 Å². The zero-order chi connectivity index (χ0) is 13.9. The van der Waals surface area contributed by atoms with Crippen LogP contribution in [0.15, 0.2) is 0 Å². The van der Waals surface area contributed by atoms with Gasteiger partial charge in [-0.15, -0.1) is 10.2 Å². The molecule has 2 N–H and O–H groups in total. The van der Waals surface area contributed by atoms with Crippen LogP contribution in [0.4, 0.5) is 5.13 Å². The van der Waals surface area contributed by atoms with Crippen molar-refractivity contribution in [3.63, 3.8) is 0 Å². The molecule has 0 atom stereocenters. The fourth-order valence-electron chi connectivity index (χ4n) is 1.60. The van der Waals surface area contributed by atoms with Gasteiger partial charge in [0.05, 0.1) is 5.75 Å². The molecule has 0 unspecified atom stereocenters. The summed E-state index contributed by atoms with van der Waals surface area (Å²) in [4.78, 5) is 0. The molecule has 1 aromatic rings. The second-order valence-electron chi connectivity index (χ2n) is 5.25. The largest absolute Gasteiger partial charge is 0.313 e. The lowest BCUT2D eigenvalue weighted by Crippen LogP contribution is -2.27. The molecule has 0 aliphatic heterocycles. The van der Waals surface area contributed by atoms with E-state index in [9.17, 15) is 8.42 Å². The van der Waals surface area contributed by atoms with Crippen LogP contribution in [0.25, 0.3) is 0 Å². The highest BCUT2D eigenvalue weighted by atomic mass is 32.2. The highest BCUT2D eigenvalue weighted by Crippen LogP contribution is 2.20. The molecule has 2 rings (SSSR count). The first-order valence-electron chi connectivity index (χ1n) is 6.51. The van der Waals surface area contributed by atoms with E-state index in [1.54, 1.807) is 0 Å². The Balaban J connectivity index is 1.82. The zero-order valence-corrected chi connectivity index (χ0v) is 12.9. The molecular weight excluding hydrogens is 284 g/mol. The average Bonchev–Trinajstić information content (AvgIpc) is 3.00. The summed E-state index contributed by atoms with van der Waals surface area (Å²) in [5.41, 5.74) is 0. The third kappa shape index (κ3) is 5.42. The molecule has 0 amide bonds. The number of aromatic nitrogens is 2. The average molecular weight is 304 g/mol. The molecule has 0 spiro atoms. The van der Waals surface area contributed by atoms with E-state index in [0.717, 1.165) is 24.3 Å².